The van der Waals surface area contributed by atoms with Gasteiger partial charge < -0.3 is 9.84 Å². The summed E-state index contributed by atoms with van der Waals surface area (Å²) in [4.78, 5) is -0.675. The molecule has 0 bridgehead atoms. The van der Waals surface area contributed by atoms with Gasteiger partial charge in [0.15, 0.2) is 0 Å². The Morgan fingerprint density at radius 3 is 2.21 bits per heavy atom. The van der Waals surface area contributed by atoms with E-state index in [4.69, 9.17) is 9.29 Å². The van der Waals surface area contributed by atoms with Crippen molar-refractivity contribution in [2.45, 2.75) is 69.6 Å². The SMILES string of the molecule is CCCCCCCCCCc1ccccc1Oc1ccc([O-])c(S(=O)(=O)O)c1.[Na+]. The van der Waals surface area contributed by atoms with Crippen molar-refractivity contribution in [1.29, 1.82) is 0 Å². The zero-order chi connectivity index (χ0) is 20.4. The zero-order valence-corrected chi connectivity index (χ0v) is 20.2. The van der Waals surface area contributed by atoms with Crippen LogP contribution in [-0.4, -0.2) is 13.0 Å². The number of rotatable bonds is 12. The molecule has 7 heteroatoms. The van der Waals surface area contributed by atoms with Crippen LogP contribution in [0, 0.1) is 0 Å². The van der Waals surface area contributed by atoms with Gasteiger partial charge in [0.1, 0.15) is 11.5 Å². The van der Waals surface area contributed by atoms with Crippen molar-refractivity contribution in [2.75, 3.05) is 0 Å². The molecular formula is C22H29NaO5S. The Balaban J connectivity index is 0.00000420. The average molecular weight is 429 g/mol. The van der Waals surface area contributed by atoms with Gasteiger partial charge in [-0.05, 0) is 30.5 Å². The van der Waals surface area contributed by atoms with E-state index in [2.05, 4.69) is 6.92 Å². The molecule has 0 atom stereocenters. The molecule has 2 rings (SSSR count). The van der Waals surface area contributed by atoms with E-state index in [9.17, 15) is 13.5 Å². The maximum Gasteiger partial charge on any atom is 1.00 e. The van der Waals surface area contributed by atoms with Gasteiger partial charge in [0.2, 0.25) is 0 Å². The maximum atomic E-state index is 11.6. The fourth-order valence-corrected chi connectivity index (χ4v) is 3.73. The van der Waals surface area contributed by atoms with Crippen LogP contribution in [0.2, 0.25) is 0 Å². The normalized spacial score (nSPS) is 11.1. The van der Waals surface area contributed by atoms with Gasteiger partial charge in [0.25, 0.3) is 10.1 Å². The first-order chi connectivity index (χ1) is 13.4. The summed E-state index contributed by atoms with van der Waals surface area (Å²) in [6.07, 6.45) is 10.8. The molecule has 5 nitrogen and oxygen atoms in total. The summed E-state index contributed by atoms with van der Waals surface area (Å²) in [5, 5.41) is 11.6. The van der Waals surface area contributed by atoms with Crippen LogP contribution in [0.1, 0.15) is 63.9 Å². The van der Waals surface area contributed by atoms with Gasteiger partial charge in [-0.3, -0.25) is 4.55 Å². The van der Waals surface area contributed by atoms with E-state index < -0.39 is 20.8 Å². The van der Waals surface area contributed by atoms with Gasteiger partial charge in [-0.2, -0.15) is 8.42 Å². The van der Waals surface area contributed by atoms with E-state index in [0.717, 1.165) is 37.0 Å². The Hall–Kier alpha value is -1.05. The number of unbranched alkanes of at least 4 members (excludes halogenated alkanes) is 7. The summed E-state index contributed by atoms with van der Waals surface area (Å²) in [5.74, 6) is 0.0723. The molecule has 29 heavy (non-hydrogen) atoms. The number of para-hydroxylation sites is 1. The van der Waals surface area contributed by atoms with E-state index in [1.165, 1.54) is 44.6 Å². The summed E-state index contributed by atoms with van der Waals surface area (Å²) in [5.41, 5.74) is 1.04. The fourth-order valence-electron chi connectivity index (χ4n) is 3.14. The van der Waals surface area contributed by atoms with Gasteiger partial charge in [-0.1, -0.05) is 81.9 Å². The van der Waals surface area contributed by atoms with E-state index in [0.29, 0.717) is 5.75 Å². The third-order valence-electron chi connectivity index (χ3n) is 4.69. The van der Waals surface area contributed by atoms with E-state index in [1.54, 1.807) is 0 Å². The summed E-state index contributed by atoms with van der Waals surface area (Å²) in [7, 11) is -4.58. The molecular weight excluding hydrogens is 399 g/mol. The van der Waals surface area contributed by atoms with Gasteiger partial charge >= 0.3 is 29.6 Å². The summed E-state index contributed by atoms with van der Waals surface area (Å²) in [6, 6.07) is 11.1. The van der Waals surface area contributed by atoms with Crippen LogP contribution in [-0.2, 0) is 16.5 Å². The second-order valence-electron chi connectivity index (χ2n) is 7.02. The smallest absolute Gasteiger partial charge is 0.872 e. The van der Waals surface area contributed by atoms with E-state index in [-0.39, 0.29) is 35.3 Å². The molecule has 2 aromatic carbocycles. The third-order valence-corrected chi connectivity index (χ3v) is 5.57. The fraction of sp³-hybridized carbons (Fsp3) is 0.455. The maximum absolute atomic E-state index is 11.6. The molecule has 0 aliphatic carbocycles. The van der Waals surface area contributed by atoms with Gasteiger partial charge in [0, 0.05) is 6.07 Å². The van der Waals surface area contributed by atoms with Crippen LogP contribution >= 0.6 is 0 Å². The van der Waals surface area contributed by atoms with E-state index >= 15 is 0 Å². The van der Waals surface area contributed by atoms with E-state index in [1.807, 2.05) is 24.3 Å². The molecule has 0 unspecified atom stereocenters. The number of benzene rings is 2. The van der Waals surface area contributed by atoms with Gasteiger partial charge in [0.05, 0.1) is 4.90 Å². The standard InChI is InChI=1S/C22H30O5S.Na/c1-2-3-4-5-6-7-8-9-12-18-13-10-11-14-21(18)27-19-15-16-20(23)22(17-19)28(24,25)26;/h10-11,13-17,23H,2-9,12H2,1H3,(H,24,25,26);/q;+1/p-1. The molecule has 2 aromatic rings. The molecule has 0 aliphatic heterocycles. The number of hydrogen-bond donors (Lipinski definition) is 1. The first-order valence-corrected chi connectivity index (χ1v) is 11.4. The molecule has 0 aliphatic rings. The van der Waals surface area contributed by atoms with Crippen LogP contribution in [0.3, 0.4) is 0 Å². The van der Waals surface area contributed by atoms with Crippen molar-refractivity contribution in [2.24, 2.45) is 0 Å². The molecule has 0 heterocycles. The van der Waals surface area contributed by atoms with Crippen molar-refractivity contribution in [3.8, 4) is 17.2 Å². The second kappa shape index (κ2) is 13.3. The third kappa shape index (κ3) is 9.09. The molecule has 0 saturated carbocycles. The predicted molar refractivity (Wildman–Crippen MR) is 109 cm³/mol. The molecule has 154 valence electrons. The van der Waals surface area contributed by atoms with Crippen molar-refractivity contribution < 1.29 is 52.4 Å². The summed E-state index contributed by atoms with van der Waals surface area (Å²) >= 11 is 0. The van der Waals surface area contributed by atoms with Crippen molar-refractivity contribution >= 4 is 10.1 Å². The predicted octanol–water partition coefficient (Wildman–Crippen LogP) is 2.49. The number of hydrogen-bond acceptors (Lipinski definition) is 4. The average Bonchev–Trinajstić information content (AvgIpc) is 2.66. The summed E-state index contributed by atoms with van der Waals surface area (Å²) < 4.78 is 37.6. The minimum Gasteiger partial charge on any atom is -0.872 e. The van der Waals surface area contributed by atoms with Crippen molar-refractivity contribution in [3.63, 3.8) is 0 Å². The largest absolute Gasteiger partial charge is 1.00 e. The molecule has 1 N–H and O–H groups in total. The van der Waals surface area contributed by atoms with Gasteiger partial charge in [-0.25, -0.2) is 0 Å². The Morgan fingerprint density at radius 2 is 1.55 bits per heavy atom. The Bertz CT molecular complexity index is 852. The van der Waals surface area contributed by atoms with Gasteiger partial charge in [-0.15, -0.1) is 0 Å². The monoisotopic (exact) mass is 428 g/mol. The zero-order valence-electron chi connectivity index (χ0n) is 17.4. The molecule has 0 radical (unpaired) electrons. The van der Waals surface area contributed by atoms with Crippen molar-refractivity contribution in [1.82, 2.24) is 0 Å². The quantitative estimate of drug-likeness (QED) is 0.319. The Morgan fingerprint density at radius 1 is 0.931 bits per heavy atom. The van der Waals surface area contributed by atoms with Crippen LogP contribution in [0.5, 0.6) is 17.2 Å². The molecule has 0 aromatic heterocycles. The minimum atomic E-state index is -4.58. The molecule has 0 amide bonds. The van der Waals surface area contributed by atoms with Crippen molar-refractivity contribution in [3.05, 3.63) is 48.0 Å². The number of ether oxygens (including phenoxy) is 1. The Labute approximate surface area is 196 Å². The van der Waals surface area contributed by atoms with Crippen LogP contribution in [0.15, 0.2) is 47.4 Å². The second-order valence-corrected chi connectivity index (χ2v) is 8.41. The summed E-state index contributed by atoms with van der Waals surface area (Å²) in [6.45, 7) is 2.22. The first kappa shape index (κ1) is 26.0. The van der Waals surface area contributed by atoms with Crippen LogP contribution in [0.4, 0.5) is 0 Å². The molecule has 0 fully saturated rings. The number of aryl methyl sites for hydroxylation is 1. The first-order valence-electron chi connectivity index (χ1n) is 9.96. The van der Waals surface area contributed by atoms with Crippen LogP contribution < -0.4 is 39.4 Å². The minimum absolute atomic E-state index is 0. The molecule has 0 saturated heterocycles. The topological polar surface area (TPSA) is 86.7 Å². The van der Waals surface area contributed by atoms with Crippen LogP contribution in [0.25, 0.3) is 0 Å². The Kier molecular flexibility index (Phi) is 11.9. The molecule has 0 spiro atoms.